The zero-order valence-corrected chi connectivity index (χ0v) is 16.7. The number of carbonyl (C=O) groups is 1. The number of methoxy groups -OCH3 is 1. The van der Waals surface area contributed by atoms with Crippen LogP contribution in [0.4, 0.5) is 5.69 Å². The molecule has 2 aromatic heterocycles. The lowest BCUT2D eigenvalue weighted by atomic mass is 10.1. The van der Waals surface area contributed by atoms with Crippen LogP contribution in [-0.2, 0) is 17.8 Å². The molecule has 29 heavy (non-hydrogen) atoms. The number of rotatable bonds is 9. The van der Waals surface area contributed by atoms with Crippen LogP contribution in [0.25, 0.3) is 11.4 Å². The maximum atomic E-state index is 12.8. The Kier molecular flexibility index (Phi) is 6.18. The number of hydrogen-bond donors (Lipinski definition) is 0. The molecule has 3 rings (SSSR count). The quantitative estimate of drug-likeness (QED) is 0.238. The molecule has 0 unspecified atom stereocenters. The van der Waals surface area contributed by atoms with Gasteiger partial charge in [-0.2, -0.15) is 5.10 Å². The van der Waals surface area contributed by atoms with Crippen LogP contribution in [-0.4, -0.2) is 43.8 Å². The summed E-state index contributed by atoms with van der Waals surface area (Å²) >= 11 is 0. The Morgan fingerprint density at radius 3 is 2.79 bits per heavy atom. The fraction of sp³-hybridized carbons (Fsp3) is 0.350. The van der Waals surface area contributed by atoms with Crippen LogP contribution in [0.1, 0.15) is 28.2 Å². The Bertz CT molecular complexity index is 1040. The van der Waals surface area contributed by atoms with Gasteiger partial charge in [-0.15, -0.1) is 0 Å². The van der Waals surface area contributed by atoms with Gasteiger partial charge in [-0.1, -0.05) is 12.1 Å². The van der Waals surface area contributed by atoms with Crippen LogP contribution in [0.15, 0.2) is 36.7 Å². The van der Waals surface area contributed by atoms with E-state index in [1.165, 1.54) is 23.1 Å². The summed E-state index contributed by atoms with van der Waals surface area (Å²) in [5.74, 6) is 0.276. The van der Waals surface area contributed by atoms with Crippen molar-refractivity contribution in [2.75, 3.05) is 13.7 Å². The SMILES string of the molecule is COCCCn1c(C)cc(C(=O)Cn2cnc(-c3cccc([N+](=O)[O-])c3)n2)c1C. The van der Waals surface area contributed by atoms with Gasteiger partial charge >= 0.3 is 0 Å². The minimum absolute atomic E-state index is 0.0316. The molecule has 152 valence electrons. The molecule has 3 aromatic rings. The standard InChI is InChI=1S/C20H23N5O4/c1-14-10-18(15(2)24(14)8-5-9-29-3)19(26)12-23-13-21-20(22-23)16-6-4-7-17(11-16)25(27)28/h4,6-7,10-11,13H,5,8-9,12H2,1-3H3. The summed E-state index contributed by atoms with van der Waals surface area (Å²) in [5.41, 5.74) is 3.10. The fourth-order valence-electron chi connectivity index (χ4n) is 3.29. The van der Waals surface area contributed by atoms with E-state index in [1.54, 1.807) is 19.2 Å². The first-order valence-electron chi connectivity index (χ1n) is 9.24. The van der Waals surface area contributed by atoms with Gasteiger partial charge in [-0.3, -0.25) is 14.9 Å². The third kappa shape index (κ3) is 4.57. The second-order valence-electron chi connectivity index (χ2n) is 6.78. The molecule has 0 radical (unpaired) electrons. The van der Waals surface area contributed by atoms with Gasteiger partial charge < -0.3 is 9.30 Å². The van der Waals surface area contributed by atoms with E-state index in [-0.39, 0.29) is 18.0 Å². The fourth-order valence-corrected chi connectivity index (χ4v) is 3.29. The minimum atomic E-state index is -0.466. The lowest BCUT2D eigenvalue weighted by molar-refractivity contribution is -0.384. The minimum Gasteiger partial charge on any atom is -0.385 e. The van der Waals surface area contributed by atoms with E-state index in [1.807, 2.05) is 19.9 Å². The number of nitrogens with zero attached hydrogens (tertiary/aromatic N) is 5. The molecule has 0 aliphatic rings. The van der Waals surface area contributed by atoms with Crippen LogP contribution in [0.5, 0.6) is 0 Å². The highest BCUT2D eigenvalue weighted by Gasteiger charge is 2.17. The first kappa shape index (κ1) is 20.4. The van der Waals surface area contributed by atoms with Crippen LogP contribution < -0.4 is 0 Å². The average molecular weight is 397 g/mol. The molecular weight excluding hydrogens is 374 g/mol. The van der Waals surface area contributed by atoms with E-state index in [0.29, 0.717) is 23.6 Å². The van der Waals surface area contributed by atoms with Gasteiger partial charge in [0.25, 0.3) is 5.69 Å². The van der Waals surface area contributed by atoms with Crippen LogP contribution in [0, 0.1) is 24.0 Å². The van der Waals surface area contributed by atoms with Gasteiger partial charge in [0, 0.05) is 54.9 Å². The summed E-state index contributed by atoms with van der Waals surface area (Å²) in [6.45, 7) is 5.42. The van der Waals surface area contributed by atoms with Gasteiger partial charge in [0.2, 0.25) is 0 Å². The highest BCUT2D eigenvalue weighted by molar-refractivity contribution is 5.97. The molecule has 0 N–H and O–H groups in total. The predicted octanol–water partition coefficient (Wildman–Crippen LogP) is 3.19. The summed E-state index contributed by atoms with van der Waals surface area (Å²) < 4.78 is 8.66. The van der Waals surface area contributed by atoms with Crippen molar-refractivity contribution in [2.24, 2.45) is 0 Å². The first-order valence-corrected chi connectivity index (χ1v) is 9.24. The zero-order valence-electron chi connectivity index (χ0n) is 16.7. The second kappa shape index (κ2) is 8.78. The normalized spacial score (nSPS) is 11.0. The molecule has 0 saturated heterocycles. The number of aromatic nitrogens is 4. The van der Waals surface area contributed by atoms with E-state index < -0.39 is 4.92 Å². The highest BCUT2D eigenvalue weighted by Crippen LogP contribution is 2.21. The number of nitro groups is 1. The van der Waals surface area contributed by atoms with Crippen molar-refractivity contribution < 1.29 is 14.5 Å². The molecular formula is C20H23N5O4. The van der Waals surface area contributed by atoms with Crippen molar-refractivity contribution in [3.63, 3.8) is 0 Å². The highest BCUT2D eigenvalue weighted by atomic mass is 16.6. The number of ether oxygens (including phenoxy) is 1. The molecule has 9 heteroatoms. The van der Waals surface area contributed by atoms with E-state index >= 15 is 0 Å². The zero-order chi connectivity index (χ0) is 21.0. The molecule has 2 heterocycles. The molecule has 1 aromatic carbocycles. The summed E-state index contributed by atoms with van der Waals surface area (Å²) in [4.78, 5) is 27.5. The monoisotopic (exact) mass is 397 g/mol. The molecule has 0 saturated carbocycles. The second-order valence-corrected chi connectivity index (χ2v) is 6.78. The topological polar surface area (TPSA) is 105 Å². The lowest BCUT2D eigenvalue weighted by Crippen LogP contribution is -2.12. The average Bonchev–Trinajstić information content (AvgIpc) is 3.27. The summed E-state index contributed by atoms with van der Waals surface area (Å²) in [6.07, 6.45) is 2.33. The smallest absolute Gasteiger partial charge is 0.270 e. The summed E-state index contributed by atoms with van der Waals surface area (Å²) in [5, 5.41) is 15.2. The number of carbonyl (C=O) groups excluding carboxylic acids is 1. The van der Waals surface area contributed by atoms with Gasteiger partial charge in [-0.25, -0.2) is 9.67 Å². The Balaban J connectivity index is 1.75. The molecule has 0 bridgehead atoms. The predicted molar refractivity (Wildman–Crippen MR) is 107 cm³/mol. The van der Waals surface area contributed by atoms with Gasteiger partial charge in [0.05, 0.1) is 4.92 Å². The van der Waals surface area contributed by atoms with Crippen molar-refractivity contribution in [3.8, 4) is 11.4 Å². The number of Topliss-reactive ketones (excluding diaryl/α,β-unsaturated/α-hetero) is 1. The number of non-ortho nitro benzene ring substituents is 1. The first-order chi connectivity index (χ1) is 13.9. The van der Waals surface area contributed by atoms with Crippen molar-refractivity contribution in [1.82, 2.24) is 19.3 Å². The Morgan fingerprint density at radius 2 is 2.07 bits per heavy atom. The molecule has 9 nitrogen and oxygen atoms in total. The van der Waals surface area contributed by atoms with Gasteiger partial charge in [0.15, 0.2) is 11.6 Å². The van der Waals surface area contributed by atoms with E-state index in [0.717, 1.165) is 24.4 Å². The molecule has 0 fully saturated rings. The van der Waals surface area contributed by atoms with Crippen molar-refractivity contribution >= 4 is 11.5 Å². The van der Waals surface area contributed by atoms with Gasteiger partial charge in [0.1, 0.15) is 12.9 Å². The summed E-state index contributed by atoms with van der Waals surface area (Å²) in [6, 6.07) is 7.99. The molecule has 0 atom stereocenters. The number of benzene rings is 1. The third-order valence-electron chi connectivity index (χ3n) is 4.76. The third-order valence-corrected chi connectivity index (χ3v) is 4.76. The van der Waals surface area contributed by atoms with Crippen molar-refractivity contribution in [2.45, 2.75) is 33.4 Å². The maximum absolute atomic E-state index is 12.8. The van der Waals surface area contributed by atoms with Gasteiger partial charge in [-0.05, 0) is 26.3 Å². The number of hydrogen-bond acceptors (Lipinski definition) is 6. The molecule has 0 aliphatic carbocycles. The largest absolute Gasteiger partial charge is 0.385 e. The van der Waals surface area contributed by atoms with Crippen LogP contribution >= 0.6 is 0 Å². The maximum Gasteiger partial charge on any atom is 0.270 e. The van der Waals surface area contributed by atoms with Crippen molar-refractivity contribution in [3.05, 3.63) is 63.7 Å². The van der Waals surface area contributed by atoms with Crippen LogP contribution in [0.3, 0.4) is 0 Å². The van der Waals surface area contributed by atoms with E-state index in [4.69, 9.17) is 4.74 Å². The Hall–Kier alpha value is -3.33. The summed E-state index contributed by atoms with van der Waals surface area (Å²) in [7, 11) is 1.67. The molecule has 0 amide bonds. The van der Waals surface area contributed by atoms with Crippen molar-refractivity contribution in [1.29, 1.82) is 0 Å². The Labute approximate surface area is 168 Å². The number of aryl methyl sites for hydroxylation is 1. The number of ketones is 1. The number of nitro benzene ring substituents is 1. The molecule has 0 spiro atoms. The lowest BCUT2D eigenvalue weighted by Gasteiger charge is -2.09. The van der Waals surface area contributed by atoms with E-state index in [9.17, 15) is 14.9 Å². The molecule has 0 aliphatic heterocycles. The Morgan fingerprint density at radius 1 is 1.28 bits per heavy atom. The van der Waals surface area contributed by atoms with Crippen LogP contribution in [0.2, 0.25) is 0 Å². The van der Waals surface area contributed by atoms with E-state index in [2.05, 4.69) is 14.6 Å².